The largest absolute Gasteiger partial charge is 0.462 e. The van der Waals surface area contributed by atoms with E-state index < -0.39 is 12.1 Å². The molecular formula is C57H94O6. The smallest absolute Gasteiger partial charge is 0.306 e. The first kappa shape index (κ1) is 59.3. The van der Waals surface area contributed by atoms with Gasteiger partial charge in [-0.05, 0) is 103 Å². The van der Waals surface area contributed by atoms with Gasteiger partial charge in [-0.25, -0.2) is 0 Å². The highest BCUT2D eigenvalue weighted by Crippen LogP contribution is 2.13. The summed E-state index contributed by atoms with van der Waals surface area (Å²) in [4.78, 5) is 37.9. The number of rotatable bonds is 45. The van der Waals surface area contributed by atoms with Crippen LogP contribution in [0.4, 0.5) is 0 Å². The van der Waals surface area contributed by atoms with Crippen molar-refractivity contribution in [1.29, 1.82) is 0 Å². The Kier molecular flexibility index (Phi) is 48.0. The lowest BCUT2D eigenvalue weighted by Gasteiger charge is -2.18. The van der Waals surface area contributed by atoms with E-state index in [0.717, 1.165) is 89.9 Å². The fourth-order valence-electron chi connectivity index (χ4n) is 6.68. The molecule has 0 spiro atoms. The van der Waals surface area contributed by atoms with E-state index in [-0.39, 0.29) is 31.6 Å². The Hall–Kier alpha value is -3.67. The van der Waals surface area contributed by atoms with Gasteiger partial charge in [0.05, 0.1) is 0 Å². The summed E-state index contributed by atoms with van der Waals surface area (Å²) in [5.41, 5.74) is 0. The zero-order valence-electron chi connectivity index (χ0n) is 40.8. The summed E-state index contributed by atoms with van der Waals surface area (Å²) in [6.07, 6.45) is 66.9. The van der Waals surface area contributed by atoms with Crippen LogP contribution in [0.2, 0.25) is 0 Å². The number of carbonyl (C=O) groups is 3. The summed E-state index contributed by atoms with van der Waals surface area (Å²) in [5, 5.41) is 0. The minimum absolute atomic E-state index is 0.113. The highest BCUT2D eigenvalue weighted by atomic mass is 16.6. The fourth-order valence-corrected chi connectivity index (χ4v) is 6.68. The molecule has 0 aromatic heterocycles. The lowest BCUT2D eigenvalue weighted by atomic mass is 10.1. The maximum atomic E-state index is 12.8. The van der Waals surface area contributed by atoms with Crippen LogP contribution in [0.1, 0.15) is 226 Å². The zero-order valence-corrected chi connectivity index (χ0v) is 40.8. The van der Waals surface area contributed by atoms with E-state index in [4.69, 9.17) is 14.2 Å². The number of carbonyl (C=O) groups excluding carboxylic acids is 3. The highest BCUT2D eigenvalue weighted by Gasteiger charge is 2.19. The van der Waals surface area contributed by atoms with Crippen molar-refractivity contribution in [3.63, 3.8) is 0 Å². The third-order valence-electron chi connectivity index (χ3n) is 10.6. The third-order valence-corrected chi connectivity index (χ3v) is 10.6. The first-order valence-electron chi connectivity index (χ1n) is 25.7. The Balaban J connectivity index is 4.52. The molecule has 0 amide bonds. The molecule has 358 valence electrons. The number of hydrogen-bond donors (Lipinski definition) is 0. The van der Waals surface area contributed by atoms with E-state index in [2.05, 4.69) is 106 Å². The minimum Gasteiger partial charge on any atom is -0.462 e. The van der Waals surface area contributed by atoms with Crippen molar-refractivity contribution in [3.8, 4) is 0 Å². The average molecular weight is 875 g/mol. The molecule has 0 aliphatic rings. The quantitative estimate of drug-likeness (QED) is 0.0262. The van der Waals surface area contributed by atoms with Crippen LogP contribution in [0.3, 0.4) is 0 Å². The van der Waals surface area contributed by atoms with E-state index in [1.807, 2.05) is 12.2 Å². The molecule has 0 aromatic carbocycles. The molecule has 0 rings (SSSR count). The van der Waals surface area contributed by atoms with Gasteiger partial charge in [-0.1, -0.05) is 201 Å². The summed E-state index contributed by atoms with van der Waals surface area (Å²) in [7, 11) is 0. The molecule has 0 aromatic rings. The van der Waals surface area contributed by atoms with Crippen LogP contribution < -0.4 is 0 Å². The predicted molar refractivity (Wildman–Crippen MR) is 270 cm³/mol. The van der Waals surface area contributed by atoms with Gasteiger partial charge in [0.1, 0.15) is 13.2 Å². The van der Waals surface area contributed by atoms with Crippen LogP contribution in [0, 0.1) is 0 Å². The Morgan fingerprint density at radius 3 is 1.08 bits per heavy atom. The van der Waals surface area contributed by atoms with Crippen molar-refractivity contribution in [2.24, 2.45) is 0 Å². The monoisotopic (exact) mass is 875 g/mol. The van der Waals surface area contributed by atoms with Gasteiger partial charge >= 0.3 is 17.9 Å². The third kappa shape index (κ3) is 49.2. The first-order valence-corrected chi connectivity index (χ1v) is 25.7. The Morgan fingerprint density at radius 1 is 0.333 bits per heavy atom. The van der Waals surface area contributed by atoms with Gasteiger partial charge in [-0.15, -0.1) is 0 Å². The van der Waals surface area contributed by atoms with Crippen molar-refractivity contribution in [2.75, 3.05) is 13.2 Å². The van der Waals surface area contributed by atoms with Gasteiger partial charge in [0.15, 0.2) is 6.10 Å². The SMILES string of the molecule is CC/C=C\C/C=C\C/C=C\C/C=C\C/C=C\C/C=C\CCC(=O)O[C@@H](COC(=O)CCCCCCC/C=C\CCCC)COC(=O)CCCCCCCCC/C=C\CCCCCC. The molecule has 0 saturated heterocycles. The molecule has 0 N–H and O–H groups in total. The lowest BCUT2D eigenvalue weighted by molar-refractivity contribution is -0.166. The number of esters is 3. The van der Waals surface area contributed by atoms with Gasteiger partial charge in [-0.3, -0.25) is 14.4 Å². The fraction of sp³-hybridized carbons (Fsp3) is 0.667. The standard InChI is InChI=1S/C57H94O6/c1-4-7-10-13-16-19-22-24-26-27-28-29-31-33-36-39-42-45-48-51-57(60)63-54(52-61-55(58)49-46-43-40-37-34-21-18-15-12-9-6-3)53-62-56(59)50-47-44-41-38-35-32-30-25-23-20-17-14-11-8-5-2/h7,10,15-16,18-20,23-24,26,28-29,33,36,42,45,54H,4-6,8-9,11-14,17,21-22,25,27,30-32,34-35,37-41,43-44,46-53H2,1-3H3/b10-7-,18-15-,19-16-,23-20-,26-24-,29-28-,36-33-,45-42-/t54-/m0/s1. The van der Waals surface area contributed by atoms with E-state index in [1.165, 1.54) is 89.9 Å². The maximum Gasteiger partial charge on any atom is 0.306 e. The summed E-state index contributed by atoms with van der Waals surface area (Å²) in [6.45, 7) is 6.39. The first-order chi connectivity index (χ1) is 31.0. The van der Waals surface area contributed by atoms with Gasteiger partial charge < -0.3 is 14.2 Å². The van der Waals surface area contributed by atoms with Gasteiger partial charge in [0.2, 0.25) is 0 Å². The molecule has 0 radical (unpaired) electrons. The van der Waals surface area contributed by atoms with Crippen molar-refractivity contribution < 1.29 is 28.6 Å². The van der Waals surface area contributed by atoms with Crippen LogP contribution in [0.25, 0.3) is 0 Å². The molecule has 6 heteroatoms. The Bertz CT molecular complexity index is 1280. The minimum atomic E-state index is -0.822. The Morgan fingerprint density at radius 2 is 0.667 bits per heavy atom. The van der Waals surface area contributed by atoms with Crippen LogP contribution in [0.5, 0.6) is 0 Å². The average Bonchev–Trinajstić information content (AvgIpc) is 3.28. The summed E-state index contributed by atoms with van der Waals surface area (Å²) < 4.78 is 16.7. The second kappa shape index (κ2) is 51.0. The number of ether oxygens (including phenoxy) is 3. The van der Waals surface area contributed by atoms with Crippen molar-refractivity contribution >= 4 is 17.9 Å². The van der Waals surface area contributed by atoms with Crippen LogP contribution >= 0.6 is 0 Å². The molecule has 0 saturated carbocycles. The summed E-state index contributed by atoms with van der Waals surface area (Å²) >= 11 is 0. The van der Waals surface area contributed by atoms with Crippen LogP contribution in [-0.4, -0.2) is 37.2 Å². The van der Waals surface area contributed by atoms with Gasteiger partial charge in [0, 0.05) is 19.3 Å². The molecule has 63 heavy (non-hydrogen) atoms. The predicted octanol–water partition coefficient (Wildman–Crippen LogP) is 17.0. The van der Waals surface area contributed by atoms with Crippen molar-refractivity contribution in [1.82, 2.24) is 0 Å². The molecule has 1 atom stereocenters. The number of unbranched alkanes of at least 4 members (excludes halogenated alkanes) is 18. The van der Waals surface area contributed by atoms with Crippen LogP contribution in [0.15, 0.2) is 97.2 Å². The number of hydrogen-bond acceptors (Lipinski definition) is 6. The molecule has 0 aliphatic heterocycles. The van der Waals surface area contributed by atoms with Crippen LogP contribution in [-0.2, 0) is 28.6 Å². The number of allylic oxidation sites excluding steroid dienone is 16. The second-order valence-electron chi connectivity index (χ2n) is 16.7. The van der Waals surface area contributed by atoms with Crippen molar-refractivity contribution in [3.05, 3.63) is 97.2 Å². The van der Waals surface area contributed by atoms with E-state index >= 15 is 0 Å². The van der Waals surface area contributed by atoms with E-state index in [0.29, 0.717) is 19.3 Å². The molecule has 0 unspecified atom stereocenters. The Labute approximate surface area is 387 Å². The molecule has 6 nitrogen and oxygen atoms in total. The molecule has 0 aliphatic carbocycles. The second-order valence-corrected chi connectivity index (χ2v) is 16.7. The molecule has 0 bridgehead atoms. The topological polar surface area (TPSA) is 78.9 Å². The van der Waals surface area contributed by atoms with E-state index in [1.54, 1.807) is 0 Å². The highest BCUT2D eigenvalue weighted by molar-refractivity contribution is 5.71. The lowest BCUT2D eigenvalue weighted by Crippen LogP contribution is -2.30. The maximum absolute atomic E-state index is 12.8. The van der Waals surface area contributed by atoms with Gasteiger partial charge in [-0.2, -0.15) is 0 Å². The molecule has 0 fully saturated rings. The normalized spacial score (nSPS) is 12.9. The zero-order chi connectivity index (χ0) is 45.8. The molecule has 0 heterocycles. The summed E-state index contributed by atoms with van der Waals surface area (Å²) in [6, 6.07) is 0. The summed E-state index contributed by atoms with van der Waals surface area (Å²) in [5.74, 6) is -1.02. The van der Waals surface area contributed by atoms with E-state index in [9.17, 15) is 14.4 Å². The van der Waals surface area contributed by atoms with Crippen molar-refractivity contribution in [2.45, 2.75) is 232 Å². The molecular weight excluding hydrogens is 781 g/mol. The van der Waals surface area contributed by atoms with Gasteiger partial charge in [0.25, 0.3) is 0 Å².